The zero-order chi connectivity index (χ0) is 9.97. The van der Waals surface area contributed by atoms with Gasteiger partial charge in [-0.2, -0.15) is 0 Å². The van der Waals surface area contributed by atoms with Crippen LogP contribution in [0.15, 0.2) is 33.8 Å². The summed E-state index contributed by atoms with van der Waals surface area (Å²) < 4.78 is 5.05. The molecule has 0 aliphatic rings. The Hall–Kier alpha value is -1.88. The minimum Gasteiger partial charge on any atom is -0.461 e. The lowest BCUT2D eigenvalue weighted by Crippen LogP contribution is -2.14. The lowest BCUT2D eigenvalue weighted by atomic mass is 10.3. The number of aromatic amines is 1. The average molecular weight is 192 g/mol. The summed E-state index contributed by atoms with van der Waals surface area (Å²) in [4.78, 5) is 17.7. The third-order valence-electron chi connectivity index (χ3n) is 1.80. The van der Waals surface area contributed by atoms with Gasteiger partial charge in [-0.1, -0.05) is 0 Å². The highest BCUT2D eigenvalue weighted by molar-refractivity contribution is 5.45. The summed E-state index contributed by atoms with van der Waals surface area (Å²) in [6.45, 7) is -0.319. The van der Waals surface area contributed by atoms with Crippen LogP contribution < -0.4 is 5.56 Å². The molecule has 2 N–H and O–H groups in total. The molecule has 5 heteroatoms. The minimum absolute atomic E-state index is 0.236. The second-order valence-electron chi connectivity index (χ2n) is 2.72. The van der Waals surface area contributed by atoms with Gasteiger partial charge in [0.1, 0.15) is 0 Å². The zero-order valence-electron chi connectivity index (χ0n) is 7.23. The number of aliphatic hydroxyl groups is 1. The second-order valence-corrected chi connectivity index (χ2v) is 2.72. The number of hydrogen-bond acceptors (Lipinski definition) is 4. The molecule has 0 unspecified atom stereocenters. The van der Waals surface area contributed by atoms with Crippen molar-refractivity contribution in [3.8, 4) is 11.6 Å². The van der Waals surface area contributed by atoms with E-state index in [0.29, 0.717) is 11.6 Å². The number of rotatable bonds is 2. The van der Waals surface area contributed by atoms with Crippen LogP contribution in [0.4, 0.5) is 0 Å². The maximum atomic E-state index is 11.3. The quantitative estimate of drug-likeness (QED) is 0.727. The fraction of sp³-hybridized carbons (Fsp3) is 0.111. The van der Waals surface area contributed by atoms with Gasteiger partial charge in [-0.05, 0) is 12.1 Å². The van der Waals surface area contributed by atoms with E-state index in [1.54, 1.807) is 12.1 Å². The average Bonchev–Trinajstić information content (AvgIpc) is 2.70. The Morgan fingerprint density at radius 1 is 1.57 bits per heavy atom. The van der Waals surface area contributed by atoms with Gasteiger partial charge in [0.15, 0.2) is 11.6 Å². The van der Waals surface area contributed by atoms with Crippen LogP contribution >= 0.6 is 0 Å². The summed E-state index contributed by atoms with van der Waals surface area (Å²) in [7, 11) is 0. The van der Waals surface area contributed by atoms with Gasteiger partial charge in [0.2, 0.25) is 0 Å². The highest BCUT2D eigenvalue weighted by atomic mass is 16.3. The fourth-order valence-corrected chi connectivity index (χ4v) is 1.07. The molecule has 2 rings (SSSR count). The Balaban J connectivity index is 2.48. The first-order chi connectivity index (χ1) is 6.81. The molecule has 0 saturated carbocycles. The van der Waals surface area contributed by atoms with Gasteiger partial charge in [-0.15, -0.1) is 0 Å². The highest BCUT2D eigenvalue weighted by Gasteiger charge is 2.05. The standard InChI is InChI=1S/C9H8N2O3/c12-5-6-4-10-8(11-9(6)13)7-2-1-3-14-7/h1-4,12H,5H2,(H,10,11,13). The van der Waals surface area contributed by atoms with Crippen LogP contribution in [0, 0.1) is 0 Å². The molecule has 0 aromatic carbocycles. The predicted molar refractivity (Wildman–Crippen MR) is 48.5 cm³/mol. The molecule has 0 amide bonds. The molecule has 0 atom stereocenters. The van der Waals surface area contributed by atoms with Crippen molar-refractivity contribution in [2.75, 3.05) is 0 Å². The van der Waals surface area contributed by atoms with Gasteiger partial charge < -0.3 is 14.5 Å². The van der Waals surface area contributed by atoms with Gasteiger partial charge in [0, 0.05) is 6.20 Å². The molecule has 2 aromatic heterocycles. The molecule has 0 bridgehead atoms. The molecule has 0 aliphatic heterocycles. The number of H-pyrrole nitrogens is 1. The monoisotopic (exact) mass is 192 g/mol. The van der Waals surface area contributed by atoms with Crippen LogP contribution in [0.5, 0.6) is 0 Å². The van der Waals surface area contributed by atoms with Crippen LogP contribution in [0.3, 0.4) is 0 Å². The second kappa shape index (κ2) is 3.47. The number of nitrogens with one attached hydrogen (secondary N) is 1. The smallest absolute Gasteiger partial charge is 0.256 e. The minimum atomic E-state index is -0.353. The molecule has 72 valence electrons. The van der Waals surface area contributed by atoms with Gasteiger partial charge in [0.25, 0.3) is 5.56 Å². The SMILES string of the molecule is O=c1[nH]c(-c2ccco2)ncc1CO. The molecule has 5 nitrogen and oxygen atoms in total. The van der Waals surface area contributed by atoms with E-state index < -0.39 is 0 Å². The molecular formula is C9H8N2O3. The molecule has 2 heterocycles. The molecule has 0 saturated heterocycles. The largest absolute Gasteiger partial charge is 0.461 e. The summed E-state index contributed by atoms with van der Waals surface area (Å²) in [5.41, 5.74) is -0.116. The molecule has 0 fully saturated rings. The number of hydrogen-bond donors (Lipinski definition) is 2. The van der Waals surface area contributed by atoms with Crippen LogP contribution in [-0.2, 0) is 6.61 Å². The molecule has 0 radical (unpaired) electrons. The van der Waals surface area contributed by atoms with Crippen molar-refractivity contribution in [3.05, 3.63) is 40.5 Å². The van der Waals surface area contributed by atoms with E-state index in [2.05, 4.69) is 9.97 Å². The molecule has 0 spiro atoms. The lowest BCUT2D eigenvalue weighted by molar-refractivity contribution is 0.279. The predicted octanol–water partition coefficient (Wildman–Crippen LogP) is 0.522. The zero-order valence-corrected chi connectivity index (χ0v) is 7.23. The first kappa shape index (κ1) is 8.71. The lowest BCUT2D eigenvalue weighted by Gasteiger charge is -1.97. The third kappa shape index (κ3) is 1.45. The van der Waals surface area contributed by atoms with Gasteiger partial charge in [0.05, 0.1) is 18.4 Å². The Morgan fingerprint density at radius 3 is 3.00 bits per heavy atom. The van der Waals surface area contributed by atoms with E-state index in [0.717, 1.165) is 0 Å². The number of nitrogens with zero attached hydrogens (tertiary/aromatic N) is 1. The van der Waals surface area contributed by atoms with Crippen LogP contribution in [0.1, 0.15) is 5.56 Å². The molecule has 0 aliphatic carbocycles. The summed E-state index contributed by atoms with van der Waals surface area (Å²) in [6, 6.07) is 3.40. The number of aromatic nitrogens is 2. The van der Waals surface area contributed by atoms with Crippen molar-refractivity contribution >= 4 is 0 Å². The number of furan rings is 1. The first-order valence-electron chi connectivity index (χ1n) is 4.04. The Kier molecular flexibility index (Phi) is 2.16. The third-order valence-corrected chi connectivity index (χ3v) is 1.80. The van der Waals surface area contributed by atoms with Crippen molar-refractivity contribution < 1.29 is 9.52 Å². The van der Waals surface area contributed by atoms with Crippen molar-refractivity contribution in [1.82, 2.24) is 9.97 Å². The summed E-state index contributed by atoms with van der Waals surface area (Å²) >= 11 is 0. The Labute approximate surface area is 79.0 Å². The summed E-state index contributed by atoms with van der Waals surface area (Å²) in [5.74, 6) is 0.851. The molecule has 2 aromatic rings. The van der Waals surface area contributed by atoms with Gasteiger partial charge >= 0.3 is 0 Å². The van der Waals surface area contributed by atoms with Crippen LogP contribution in [0.2, 0.25) is 0 Å². The molecular weight excluding hydrogens is 184 g/mol. The Morgan fingerprint density at radius 2 is 2.43 bits per heavy atom. The van der Waals surface area contributed by atoms with Crippen LogP contribution in [-0.4, -0.2) is 15.1 Å². The van der Waals surface area contributed by atoms with Gasteiger partial charge in [-0.25, -0.2) is 4.98 Å². The van der Waals surface area contributed by atoms with E-state index in [1.807, 2.05) is 0 Å². The van der Waals surface area contributed by atoms with E-state index in [9.17, 15) is 4.79 Å². The van der Waals surface area contributed by atoms with E-state index in [4.69, 9.17) is 9.52 Å². The van der Waals surface area contributed by atoms with Crippen molar-refractivity contribution in [2.24, 2.45) is 0 Å². The van der Waals surface area contributed by atoms with Crippen LogP contribution in [0.25, 0.3) is 11.6 Å². The normalized spacial score (nSPS) is 10.4. The fourth-order valence-electron chi connectivity index (χ4n) is 1.07. The van der Waals surface area contributed by atoms with Gasteiger partial charge in [-0.3, -0.25) is 4.79 Å². The first-order valence-corrected chi connectivity index (χ1v) is 4.04. The topological polar surface area (TPSA) is 79.1 Å². The number of aliphatic hydroxyl groups excluding tert-OH is 1. The summed E-state index contributed by atoms with van der Waals surface area (Å²) in [6.07, 6.45) is 2.83. The summed E-state index contributed by atoms with van der Waals surface area (Å²) in [5, 5.41) is 8.76. The molecule has 14 heavy (non-hydrogen) atoms. The highest BCUT2D eigenvalue weighted by Crippen LogP contribution is 2.12. The van der Waals surface area contributed by atoms with Crippen molar-refractivity contribution in [2.45, 2.75) is 6.61 Å². The Bertz CT molecular complexity index is 473. The van der Waals surface area contributed by atoms with E-state index in [1.165, 1.54) is 12.5 Å². The van der Waals surface area contributed by atoms with Crippen molar-refractivity contribution in [1.29, 1.82) is 0 Å². The maximum absolute atomic E-state index is 11.3. The maximum Gasteiger partial charge on any atom is 0.256 e. The van der Waals surface area contributed by atoms with E-state index in [-0.39, 0.29) is 17.7 Å². The van der Waals surface area contributed by atoms with Crippen molar-refractivity contribution in [3.63, 3.8) is 0 Å². The van der Waals surface area contributed by atoms with E-state index >= 15 is 0 Å².